The van der Waals surface area contributed by atoms with E-state index in [1.54, 1.807) is 0 Å². The highest BCUT2D eigenvalue weighted by Crippen LogP contribution is 2.63. The van der Waals surface area contributed by atoms with Crippen LogP contribution in [0.3, 0.4) is 0 Å². The number of aliphatic hydroxyl groups excluding tert-OH is 1. The minimum atomic E-state index is -0.109. The number of rotatable bonds is 4. The number of amides is 2. The van der Waals surface area contributed by atoms with Gasteiger partial charge in [-0.25, -0.2) is 0 Å². The third-order valence-corrected chi connectivity index (χ3v) is 3.68. The molecule has 0 radical (unpaired) electrons. The van der Waals surface area contributed by atoms with Gasteiger partial charge in [-0.15, -0.1) is 0 Å². The summed E-state index contributed by atoms with van der Waals surface area (Å²) in [5.41, 5.74) is -0.109. The van der Waals surface area contributed by atoms with E-state index in [2.05, 4.69) is 0 Å². The molecule has 0 aromatic rings. The first-order chi connectivity index (χ1) is 7.01. The zero-order valence-electron chi connectivity index (χ0n) is 9.19. The Morgan fingerprint density at radius 3 is 2.20 bits per heavy atom. The van der Waals surface area contributed by atoms with Crippen LogP contribution in [0.15, 0.2) is 0 Å². The Hall–Kier alpha value is -0.900. The lowest BCUT2D eigenvalue weighted by atomic mass is 10.1. The minimum Gasteiger partial charge on any atom is -0.396 e. The molecule has 2 fully saturated rings. The summed E-state index contributed by atoms with van der Waals surface area (Å²) in [4.78, 5) is 25.0. The van der Waals surface area contributed by atoms with Crippen molar-refractivity contribution < 1.29 is 14.7 Å². The van der Waals surface area contributed by atoms with E-state index in [1.165, 1.54) is 4.90 Å². The van der Waals surface area contributed by atoms with Crippen LogP contribution in [-0.4, -0.2) is 35.0 Å². The van der Waals surface area contributed by atoms with Crippen molar-refractivity contribution in [3.8, 4) is 0 Å². The van der Waals surface area contributed by atoms with Crippen LogP contribution in [0.4, 0.5) is 0 Å². The molecule has 2 rings (SSSR count). The van der Waals surface area contributed by atoms with E-state index >= 15 is 0 Å². The summed E-state index contributed by atoms with van der Waals surface area (Å²) in [5, 5.41) is 8.63. The van der Waals surface area contributed by atoms with Gasteiger partial charge in [0.25, 0.3) is 0 Å². The Kier molecular flexibility index (Phi) is 2.34. The molecule has 15 heavy (non-hydrogen) atoms. The first-order valence-corrected chi connectivity index (χ1v) is 5.48. The number of fused-ring (bicyclic) bond motifs is 1. The highest BCUT2D eigenvalue weighted by atomic mass is 16.3. The smallest absolute Gasteiger partial charge is 0.233 e. The average Bonchev–Trinajstić information content (AvgIpc) is 2.63. The first kappa shape index (κ1) is 10.6. The van der Waals surface area contributed by atoms with Crippen molar-refractivity contribution in [2.24, 2.45) is 17.3 Å². The molecule has 1 aliphatic heterocycles. The lowest BCUT2D eigenvalue weighted by Crippen LogP contribution is -2.37. The van der Waals surface area contributed by atoms with E-state index in [-0.39, 0.29) is 35.7 Å². The number of aliphatic hydroxyl groups is 1. The quantitative estimate of drug-likeness (QED) is 0.541. The Bertz CT molecular complexity index is 287. The van der Waals surface area contributed by atoms with Gasteiger partial charge in [0.15, 0.2) is 0 Å². The number of piperidine rings is 1. The molecule has 4 nitrogen and oxygen atoms in total. The molecule has 2 aliphatic rings. The molecule has 1 heterocycles. The standard InChI is InChI=1S/C11H17NO3/c1-11(2)7-8(11)10(15)12(9(7)14)5-3-4-6-13/h7-8,13H,3-6H2,1-2H3. The monoisotopic (exact) mass is 211 g/mol. The maximum atomic E-state index is 11.8. The van der Waals surface area contributed by atoms with Crippen LogP contribution < -0.4 is 0 Å². The molecule has 1 N–H and O–H groups in total. The van der Waals surface area contributed by atoms with E-state index < -0.39 is 0 Å². The summed E-state index contributed by atoms with van der Waals surface area (Å²) in [5.74, 6) is -0.154. The molecule has 2 amide bonds. The largest absolute Gasteiger partial charge is 0.396 e. The second-order valence-electron chi connectivity index (χ2n) is 5.04. The van der Waals surface area contributed by atoms with Crippen molar-refractivity contribution >= 4 is 11.8 Å². The minimum absolute atomic E-state index is 0.00654. The summed E-state index contributed by atoms with van der Waals surface area (Å²) in [7, 11) is 0. The maximum Gasteiger partial charge on any atom is 0.233 e. The van der Waals surface area contributed by atoms with E-state index in [1.807, 2.05) is 13.8 Å². The number of nitrogens with zero attached hydrogens (tertiary/aromatic N) is 1. The molecule has 2 unspecified atom stereocenters. The van der Waals surface area contributed by atoms with Crippen LogP contribution in [0.2, 0.25) is 0 Å². The highest BCUT2D eigenvalue weighted by molar-refractivity contribution is 6.10. The van der Waals surface area contributed by atoms with E-state index in [0.29, 0.717) is 19.4 Å². The summed E-state index contributed by atoms with van der Waals surface area (Å²) in [6, 6.07) is 0. The molecule has 1 saturated heterocycles. The number of hydrogen-bond acceptors (Lipinski definition) is 3. The van der Waals surface area contributed by atoms with Gasteiger partial charge in [0.2, 0.25) is 11.8 Å². The van der Waals surface area contributed by atoms with Crippen molar-refractivity contribution in [2.75, 3.05) is 13.2 Å². The van der Waals surface area contributed by atoms with Gasteiger partial charge in [-0.05, 0) is 18.3 Å². The lowest BCUT2D eigenvalue weighted by Gasteiger charge is -2.20. The van der Waals surface area contributed by atoms with Gasteiger partial charge in [-0.2, -0.15) is 0 Å². The van der Waals surface area contributed by atoms with Crippen LogP contribution in [0.25, 0.3) is 0 Å². The molecular formula is C11H17NO3. The van der Waals surface area contributed by atoms with Gasteiger partial charge in [0.1, 0.15) is 0 Å². The predicted octanol–water partition coefficient (Wildman–Crippen LogP) is 0.400. The summed E-state index contributed by atoms with van der Waals surface area (Å²) in [6.45, 7) is 4.54. The van der Waals surface area contributed by atoms with E-state index in [0.717, 1.165) is 0 Å². The van der Waals surface area contributed by atoms with Gasteiger partial charge >= 0.3 is 0 Å². The molecule has 1 aliphatic carbocycles. The molecule has 0 bridgehead atoms. The van der Waals surface area contributed by atoms with Crippen molar-refractivity contribution in [1.82, 2.24) is 4.90 Å². The Balaban J connectivity index is 1.96. The van der Waals surface area contributed by atoms with Crippen LogP contribution in [0, 0.1) is 17.3 Å². The molecule has 84 valence electrons. The van der Waals surface area contributed by atoms with Crippen LogP contribution in [0.1, 0.15) is 26.7 Å². The third kappa shape index (κ3) is 1.39. The third-order valence-electron chi connectivity index (χ3n) is 3.68. The van der Waals surface area contributed by atoms with Gasteiger partial charge in [0, 0.05) is 13.2 Å². The zero-order chi connectivity index (χ0) is 11.2. The number of unbranched alkanes of at least 4 members (excludes halogenated alkanes) is 1. The van der Waals surface area contributed by atoms with Crippen molar-refractivity contribution in [1.29, 1.82) is 0 Å². The molecule has 4 heteroatoms. The summed E-state index contributed by atoms with van der Waals surface area (Å²) in [6.07, 6.45) is 1.35. The van der Waals surface area contributed by atoms with Crippen molar-refractivity contribution in [3.63, 3.8) is 0 Å². The molecule has 0 aromatic carbocycles. The SMILES string of the molecule is CC1(C)C2C(=O)N(CCCCO)C(=O)C21. The number of likely N-dealkylation sites (tertiary alicyclic amines) is 1. The number of hydrogen-bond donors (Lipinski definition) is 1. The molecule has 0 aromatic heterocycles. The Morgan fingerprint density at radius 2 is 1.73 bits per heavy atom. The Morgan fingerprint density at radius 1 is 1.20 bits per heavy atom. The molecule has 0 spiro atoms. The highest BCUT2D eigenvalue weighted by Gasteiger charge is 2.72. The summed E-state index contributed by atoms with van der Waals surface area (Å²) >= 11 is 0. The fourth-order valence-electron chi connectivity index (χ4n) is 2.61. The van der Waals surface area contributed by atoms with Crippen molar-refractivity contribution in [3.05, 3.63) is 0 Å². The average molecular weight is 211 g/mol. The number of carbonyl (C=O) groups excluding carboxylic acids is 2. The van der Waals surface area contributed by atoms with E-state index in [4.69, 9.17) is 5.11 Å². The topological polar surface area (TPSA) is 57.6 Å². The zero-order valence-corrected chi connectivity index (χ0v) is 9.19. The number of carbonyl (C=O) groups is 2. The van der Waals surface area contributed by atoms with Gasteiger partial charge < -0.3 is 5.11 Å². The van der Waals surface area contributed by atoms with E-state index in [9.17, 15) is 9.59 Å². The Labute approximate surface area is 89.3 Å². The van der Waals surface area contributed by atoms with Gasteiger partial charge in [0.05, 0.1) is 11.8 Å². The molecule has 2 atom stereocenters. The van der Waals surface area contributed by atoms with Crippen LogP contribution in [0.5, 0.6) is 0 Å². The van der Waals surface area contributed by atoms with Gasteiger partial charge in [-0.1, -0.05) is 13.8 Å². The fourth-order valence-corrected chi connectivity index (χ4v) is 2.61. The molecule has 1 saturated carbocycles. The maximum absolute atomic E-state index is 11.8. The predicted molar refractivity (Wildman–Crippen MR) is 53.8 cm³/mol. The van der Waals surface area contributed by atoms with Crippen LogP contribution in [-0.2, 0) is 9.59 Å². The molecular weight excluding hydrogens is 194 g/mol. The fraction of sp³-hybridized carbons (Fsp3) is 0.818. The summed E-state index contributed by atoms with van der Waals surface area (Å²) < 4.78 is 0. The second-order valence-corrected chi connectivity index (χ2v) is 5.04. The van der Waals surface area contributed by atoms with Crippen molar-refractivity contribution in [2.45, 2.75) is 26.7 Å². The van der Waals surface area contributed by atoms with Crippen LogP contribution >= 0.6 is 0 Å². The van der Waals surface area contributed by atoms with Gasteiger partial charge in [-0.3, -0.25) is 14.5 Å². The lowest BCUT2D eigenvalue weighted by molar-refractivity contribution is -0.143. The normalized spacial score (nSPS) is 32.1. The first-order valence-electron chi connectivity index (χ1n) is 5.48. The second kappa shape index (κ2) is 3.30. The number of imide groups is 1.